The van der Waals surface area contributed by atoms with Crippen LogP contribution in [0.3, 0.4) is 0 Å². The Morgan fingerprint density at radius 2 is 1.60 bits per heavy atom. The molecule has 5 rings (SSSR count). The van der Waals surface area contributed by atoms with Gasteiger partial charge in [0.15, 0.2) is 0 Å². The van der Waals surface area contributed by atoms with Crippen LogP contribution < -0.4 is 16.0 Å². The highest BCUT2D eigenvalue weighted by Crippen LogP contribution is 2.25. The Hall–Kier alpha value is -5.00. The number of aryl methyl sites for hydroxylation is 2. The molecule has 3 N–H and O–H groups in total. The lowest BCUT2D eigenvalue weighted by molar-refractivity contribution is -0.114. The van der Waals surface area contributed by atoms with Gasteiger partial charge < -0.3 is 15.1 Å². The monoisotopic (exact) mass is 609 g/mol. The summed E-state index contributed by atoms with van der Waals surface area (Å²) in [4.78, 5) is 39.4. The number of carbonyl (C=O) groups is 3. The predicted molar refractivity (Wildman–Crippen MR) is 170 cm³/mol. The number of benzene rings is 3. The fourth-order valence-corrected chi connectivity index (χ4v) is 5.18. The van der Waals surface area contributed by atoms with E-state index in [0.717, 1.165) is 21.0 Å². The van der Waals surface area contributed by atoms with Gasteiger partial charge in [0.05, 0.1) is 5.75 Å². The van der Waals surface area contributed by atoms with E-state index < -0.39 is 11.8 Å². The highest BCUT2D eigenvalue weighted by Gasteiger charge is 2.17. The number of aromatic nitrogens is 2. The normalized spacial score (nSPS) is 11.2. The minimum absolute atomic E-state index is 0.0145. The van der Waals surface area contributed by atoms with Crippen molar-refractivity contribution < 1.29 is 18.8 Å². The number of furan rings is 1. The van der Waals surface area contributed by atoms with Crippen LogP contribution in [-0.2, 0) is 9.59 Å². The number of amides is 3. The lowest BCUT2D eigenvalue weighted by Crippen LogP contribution is -2.30. The first-order valence-corrected chi connectivity index (χ1v) is 15.0. The molecule has 0 atom stereocenters. The van der Waals surface area contributed by atoms with Crippen LogP contribution in [-0.4, -0.2) is 33.7 Å². The van der Waals surface area contributed by atoms with E-state index in [4.69, 9.17) is 4.42 Å². The molecular weight excluding hydrogens is 583 g/mol. The van der Waals surface area contributed by atoms with Gasteiger partial charge in [0.25, 0.3) is 11.8 Å². The zero-order chi connectivity index (χ0) is 30.2. The third-order valence-corrected chi connectivity index (χ3v) is 7.80. The van der Waals surface area contributed by atoms with E-state index in [0.29, 0.717) is 27.9 Å². The molecule has 0 fully saturated rings. The maximum Gasteiger partial charge on any atom is 0.272 e. The van der Waals surface area contributed by atoms with Gasteiger partial charge in [-0.05, 0) is 62.4 Å². The average molecular weight is 610 g/mol. The molecule has 0 aliphatic heterocycles. The third kappa shape index (κ3) is 8.28. The summed E-state index contributed by atoms with van der Waals surface area (Å²) in [6.07, 6.45) is 1.50. The van der Waals surface area contributed by atoms with E-state index in [1.807, 2.05) is 50.2 Å². The molecule has 2 heterocycles. The molecule has 0 spiro atoms. The Morgan fingerprint density at radius 1 is 0.860 bits per heavy atom. The van der Waals surface area contributed by atoms with Gasteiger partial charge in [0, 0.05) is 27.8 Å². The van der Waals surface area contributed by atoms with Gasteiger partial charge >= 0.3 is 0 Å². The van der Waals surface area contributed by atoms with Crippen LogP contribution in [0.25, 0.3) is 17.4 Å². The molecule has 0 aliphatic rings. The molecule has 0 saturated heterocycles. The molecule has 0 saturated carbocycles. The predicted octanol–water partition coefficient (Wildman–Crippen LogP) is 6.56. The Kier molecular flexibility index (Phi) is 9.45. The summed E-state index contributed by atoms with van der Waals surface area (Å²) in [7, 11) is 0. The van der Waals surface area contributed by atoms with Crippen molar-refractivity contribution in [3.05, 3.63) is 119 Å². The highest BCUT2D eigenvalue weighted by molar-refractivity contribution is 8.00. The van der Waals surface area contributed by atoms with E-state index in [-0.39, 0.29) is 17.4 Å². The summed E-state index contributed by atoms with van der Waals surface area (Å²) in [5, 5.41) is 17.3. The molecule has 3 amide bonds. The maximum absolute atomic E-state index is 13.4. The van der Waals surface area contributed by atoms with E-state index >= 15 is 0 Å². The van der Waals surface area contributed by atoms with E-state index in [1.54, 1.807) is 54.6 Å². The molecule has 3 aromatic carbocycles. The first-order valence-electron chi connectivity index (χ1n) is 13.2. The molecule has 5 aromatic rings. The molecule has 0 aliphatic carbocycles. The van der Waals surface area contributed by atoms with Gasteiger partial charge in [0.2, 0.25) is 11.0 Å². The van der Waals surface area contributed by atoms with Gasteiger partial charge in [-0.1, -0.05) is 59.4 Å². The van der Waals surface area contributed by atoms with Crippen LogP contribution >= 0.6 is 23.1 Å². The third-order valence-electron chi connectivity index (χ3n) is 6.03. The molecule has 43 heavy (non-hydrogen) atoms. The van der Waals surface area contributed by atoms with Crippen LogP contribution in [0.2, 0.25) is 0 Å². The second kappa shape index (κ2) is 13.8. The summed E-state index contributed by atoms with van der Waals surface area (Å²) in [5.41, 5.74) is 2.97. The number of hydrogen-bond donors (Lipinski definition) is 3. The lowest BCUT2D eigenvalue weighted by Gasteiger charge is -2.11. The van der Waals surface area contributed by atoms with Gasteiger partial charge in [-0.15, -0.1) is 22.0 Å². The van der Waals surface area contributed by atoms with Crippen molar-refractivity contribution in [3.63, 3.8) is 0 Å². The lowest BCUT2D eigenvalue weighted by atomic mass is 10.1. The molecule has 11 heteroatoms. The van der Waals surface area contributed by atoms with Gasteiger partial charge in [0.1, 0.15) is 22.2 Å². The van der Waals surface area contributed by atoms with Gasteiger partial charge in [-0.2, -0.15) is 0 Å². The van der Waals surface area contributed by atoms with E-state index in [1.165, 1.54) is 29.2 Å². The number of anilines is 2. The first-order chi connectivity index (χ1) is 20.8. The van der Waals surface area contributed by atoms with Crippen LogP contribution in [0.4, 0.5) is 10.8 Å². The first kappa shape index (κ1) is 29.5. The van der Waals surface area contributed by atoms with Crippen molar-refractivity contribution in [2.45, 2.75) is 18.7 Å². The molecule has 216 valence electrons. The van der Waals surface area contributed by atoms with Crippen LogP contribution in [0.5, 0.6) is 0 Å². The Morgan fingerprint density at radius 3 is 2.30 bits per heavy atom. The zero-order valence-corrected chi connectivity index (χ0v) is 24.9. The summed E-state index contributed by atoms with van der Waals surface area (Å²) >= 11 is 2.66. The topological polar surface area (TPSA) is 126 Å². The molecule has 9 nitrogen and oxygen atoms in total. The summed E-state index contributed by atoms with van der Waals surface area (Å²) in [6.45, 7) is 3.83. The number of hydrogen-bond acceptors (Lipinski definition) is 8. The van der Waals surface area contributed by atoms with Crippen molar-refractivity contribution in [1.82, 2.24) is 15.5 Å². The second-order valence-electron chi connectivity index (χ2n) is 9.39. The summed E-state index contributed by atoms with van der Waals surface area (Å²) < 4.78 is 5.98. The van der Waals surface area contributed by atoms with Crippen LogP contribution in [0.1, 0.15) is 26.7 Å². The van der Waals surface area contributed by atoms with Gasteiger partial charge in [-0.3, -0.25) is 19.7 Å². The number of thioether (sulfide) groups is 1. The Labute approximate surface area is 256 Å². The fourth-order valence-electron chi connectivity index (χ4n) is 3.87. The van der Waals surface area contributed by atoms with Crippen LogP contribution in [0.15, 0.2) is 106 Å². The smallest absolute Gasteiger partial charge is 0.272 e. The molecule has 2 aromatic heterocycles. The maximum atomic E-state index is 13.4. The minimum atomic E-state index is -0.523. The minimum Gasteiger partial charge on any atom is -0.457 e. The van der Waals surface area contributed by atoms with Crippen molar-refractivity contribution >= 4 is 57.7 Å². The fraction of sp³-hybridized carbons (Fsp3) is 0.0938. The van der Waals surface area contributed by atoms with Gasteiger partial charge in [-0.25, -0.2) is 0 Å². The van der Waals surface area contributed by atoms with Crippen molar-refractivity contribution in [3.8, 4) is 11.3 Å². The number of nitrogens with one attached hydrogen (secondary N) is 3. The van der Waals surface area contributed by atoms with E-state index in [9.17, 15) is 14.4 Å². The van der Waals surface area contributed by atoms with Crippen molar-refractivity contribution in [2.24, 2.45) is 0 Å². The molecular formula is C32H27N5O4S2. The quantitative estimate of drug-likeness (QED) is 0.121. The average Bonchev–Trinajstić information content (AvgIpc) is 3.65. The van der Waals surface area contributed by atoms with Crippen molar-refractivity contribution in [2.75, 3.05) is 16.4 Å². The number of nitrogens with zero attached hydrogens (tertiary/aromatic N) is 2. The molecule has 0 bridgehead atoms. The second-order valence-corrected chi connectivity index (χ2v) is 11.6. The van der Waals surface area contributed by atoms with Crippen molar-refractivity contribution in [1.29, 1.82) is 0 Å². The van der Waals surface area contributed by atoms with E-state index in [2.05, 4.69) is 26.1 Å². The zero-order valence-electron chi connectivity index (χ0n) is 23.3. The largest absolute Gasteiger partial charge is 0.457 e. The Balaban J connectivity index is 1.27. The van der Waals surface area contributed by atoms with Crippen LogP contribution in [0, 0.1) is 13.8 Å². The number of rotatable bonds is 10. The number of carbonyl (C=O) groups excluding carboxylic acids is 3. The SMILES string of the molecule is Cc1ccc(-c2ccc(C=C(NC(=O)c3ccccc3)C(=O)Nc3ccc(SCC(=O)Nc4nnc(C)s4)cc3)o2)cc1. The molecule has 0 radical (unpaired) electrons. The standard InChI is InChI=1S/C32H27N5O4S2/c1-20-8-10-22(11-9-20)28-17-14-25(41-28)18-27(34-30(39)23-6-4-3-5-7-23)31(40)33-24-12-15-26(16-13-24)42-19-29(38)35-32-37-36-21(2)43-32/h3-18H,19H2,1-2H3,(H,33,40)(H,34,39)(H,35,37,38). The molecule has 0 unspecified atom stereocenters. The summed E-state index contributed by atoms with van der Waals surface area (Å²) in [6, 6.07) is 27.2. The summed E-state index contributed by atoms with van der Waals surface area (Å²) in [5.74, 6) is 0.0938. The Bertz CT molecular complexity index is 1760. The highest BCUT2D eigenvalue weighted by atomic mass is 32.2.